The number of benzene rings is 1. The van der Waals surface area contributed by atoms with Crippen LogP contribution in [0.4, 0.5) is 0 Å². The van der Waals surface area contributed by atoms with Gasteiger partial charge in [0.05, 0.1) is 0 Å². The Labute approximate surface area is 110 Å². The third-order valence-electron chi connectivity index (χ3n) is 3.52. The molecule has 0 aromatic heterocycles. The minimum Gasteiger partial charge on any atom is -0.316 e. The lowest BCUT2D eigenvalue weighted by Gasteiger charge is -2.21. The fourth-order valence-corrected chi connectivity index (χ4v) is 2.63. The fraction of sp³-hybridized carbons (Fsp3) is 0.562. The SMILES string of the molecule is CC(C)Cc1cccc(C(=O)C2CCCNC2)c1. The molecule has 2 heteroatoms. The predicted molar refractivity (Wildman–Crippen MR) is 74.9 cm³/mol. The number of nitrogens with one attached hydrogen (secondary N) is 1. The smallest absolute Gasteiger partial charge is 0.167 e. The number of hydrogen-bond donors (Lipinski definition) is 1. The molecule has 1 atom stereocenters. The lowest BCUT2D eigenvalue weighted by atomic mass is 9.89. The molecule has 1 unspecified atom stereocenters. The third kappa shape index (κ3) is 3.42. The topological polar surface area (TPSA) is 29.1 Å². The Kier molecular flexibility index (Phi) is 4.54. The van der Waals surface area contributed by atoms with E-state index in [1.165, 1.54) is 5.56 Å². The van der Waals surface area contributed by atoms with Crippen molar-refractivity contribution in [1.29, 1.82) is 0 Å². The second kappa shape index (κ2) is 6.14. The molecule has 0 saturated carbocycles. The van der Waals surface area contributed by atoms with Gasteiger partial charge in [0.25, 0.3) is 0 Å². The van der Waals surface area contributed by atoms with E-state index in [0.29, 0.717) is 11.7 Å². The number of hydrogen-bond acceptors (Lipinski definition) is 2. The second-order valence-electron chi connectivity index (χ2n) is 5.71. The van der Waals surface area contributed by atoms with Crippen molar-refractivity contribution in [3.8, 4) is 0 Å². The first-order chi connectivity index (χ1) is 8.66. The van der Waals surface area contributed by atoms with Gasteiger partial charge >= 0.3 is 0 Å². The molecular weight excluding hydrogens is 222 g/mol. The summed E-state index contributed by atoms with van der Waals surface area (Å²) in [5.74, 6) is 1.12. The van der Waals surface area contributed by atoms with Crippen LogP contribution in [-0.4, -0.2) is 18.9 Å². The van der Waals surface area contributed by atoms with Gasteiger partial charge in [-0.3, -0.25) is 4.79 Å². The van der Waals surface area contributed by atoms with Gasteiger partial charge in [0.2, 0.25) is 0 Å². The van der Waals surface area contributed by atoms with E-state index in [0.717, 1.165) is 37.9 Å². The Bertz CT molecular complexity index is 405. The Morgan fingerprint density at radius 2 is 2.28 bits per heavy atom. The molecule has 1 aliphatic heterocycles. The van der Waals surface area contributed by atoms with Gasteiger partial charge in [-0.2, -0.15) is 0 Å². The van der Waals surface area contributed by atoms with Crippen molar-refractivity contribution in [2.75, 3.05) is 13.1 Å². The lowest BCUT2D eigenvalue weighted by molar-refractivity contribution is 0.0899. The molecule has 1 fully saturated rings. The van der Waals surface area contributed by atoms with Crippen molar-refractivity contribution in [2.24, 2.45) is 11.8 Å². The summed E-state index contributed by atoms with van der Waals surface area (Å²) in [5, 5.41) is 3.31. The third-order valence-corrected chi connectivity index (χ3v) is 3.52. The minimum atomic E-state index is 0.174. The molecule has 98 valence electrons. The highest BCUT2D eigenvalue weighted by molar-refractivity contribution is 5.98. The standard InChI is InChI=1S/C16H23NO/c1-12(2)9-13-5-3-6-14(10-13)16(18)15-7-4-8-17-11-15/h3,5-6,10,12,15,17H,4,7-9,11H2,1-2H3. The van der Waals surface area contributed by atoms with Crippen molar-refractivity contribution in [3.63, 3.8) is 0 Å². The van der Waals surface area contributed by atoms with Crippen LogP contribution in [0.15, 0.2) is 24.3 Å². The van der Waals surface area contributed by atoms with E-state index < -0.39 is 0 Å². The van der Waals surface area contributed by atoms with Gasteiger partial charge in [-0.1, -0.05) is 32.0 Å². The molecule has 1 saturated heterocycles. The predicted octanol–water partition coefficient (Wildman–Crippen LogP) is 3.07. The summed E-state index contributed by atoms with van der Waals surface area (Å²) in [4.78, 5) is 12.4. The van der Waals surface area contributed by atoms with Crippen LogP contribution in [0, 0.1) is 11.8 Å². The monoisotopic (exact) mass is 245 g/mol. The van der Waals surface area contributed by atoms with E-state index >= 15 is 0 Å². The van der Waals surface area contributed by atoms with Crippen LogP contribution in [0.2, 0.25) is 0 Å². The Balaban J connectivity index is 2.09. The van der Waals surface area contributed by atoms with E-state index in [-0.39, 0.29) is 5.92 Å². The molecule has 1 aromatic rings. The molecule has 0 aliphatic carbocycles. The summed E-state index contributed by atoms with van der Waals surface area (Å²) in [6, 6.07) is 8.18. The molecule has 2 nitrogen and oxygen atoms in total. The van der Waals surface area contributed by atoms with Gasteiger partial charge in [0, 0.05) is 18.0 Å². The molecule has 1 aliphatic rings. The molecular formula is C16H23NO. The molecule has 0 bridgehead atoms. The largest absolute Gasteiger partial charge is 0.316 e. The lowest BCUT2D eigenvalue weighted by Crippen LogP contribution is -2.34. The van der Waals surface area contributed by atoms with Crippen molar-refractivity contribution < 1.29 is 4.79 Å². The zero-order chi connectivity index (χ0) is 13.0. The van der Waals surface area contributed by atoms with Gasteiger partial charge in [-0.25, -0.2) is 0 Å². The maximum Gasteiger partial charge on any atom is 0.167 e. The summed E-state index contributed by atoms with van der Waals surface area (Å²) >= 11 is 0. The molecule has 1 heterocycles. The Hall–Kier alpha value is -1.15. The van der Waals surface area contributed by atoms with Crippen molar-refractivity contribution in [1.82, 2.24) is 5.32 Å². The average Bonchev–Trinajstić information content (AvgIpc) is 2.38. The average molecular weight is 245 g/mol. The van der Waals surface area contributed by atoms with Crippen LogP contribution in [0.1, 0.15) is 42.6 Å². The van der Waals surface area contributed by atoms with E-state index in [1.54, 1.807) is 0 Å². The van der Waals surface area contributed by atoms with Crippen molar-refractivity contribution >= 4 is 5.78 Å². The maximum atomic E-state index is 12.4. The van der Waals surface area contributed by atoms with E-state index in [2.05, 4.69) is 31.3 Å². The van der Waals surface area contributed by atoms with Crippen LogP contribution < -0.4 is 5.32 Å². The van der Waals surface area contributed by atoms with Crippen LogP contribution >= 0.6 is 0 Å². The summed E-state index contributed by atoms with van der Waals surface area (Å²) in [6.45, 7) is 6.31. The summed E-state index contributed by atoms with van der Waals surface area (Å²) < 4.78 is 0. The molecule has 18 heavy (non-hydrogen) atoms. The van der Waals surface area contributed by atoms with Gasteiger partial charge in [-0.05, 0) is 43.4 Å². The zero-order valence-corrected chi connectivity index (χ0v) is 11.4. The van der Waals surface area contributed by atoms with Crippen LogP contribution in [-0.2, 0) is 6.42 Å². The number of piperidine rings is 1. The zero-order valence-electron chi connectivity index (χ0n) is 11.4. The van der Waals surface area contributed by atoms with Crippen LogP contribution in [0.3, 0.4) is 0 Å². The van der Waals surface area contributed by atoms with E-state index in [9.17, 15) is 4.79 Å². The maximum absolute atomic E-state index is 12.4. The summed E-state index contributed by atoms with van der Waals surface area (Å²) in [5.41, 5.74) is 2.17. The summed E-state index contributed by atoms with van der Waals surface area (Å²) in [7, 11) is 0. The van der Waals surface area contributed by atoms with Crippen LogP contribution in [0.5, 0.6) is 0 Å². The molecule has 0 amide bonds. The van der Waals surface area contributed by atoms with Gasteiger partial charge < -0.3 is 5.32 Å². The minimum absolute atomic E-state index is 0.174. The highest BCUT2D eigenvalue weighted by Crippen LogP contribution is 2.18. The van der Waals surface area contributed by atoms with Gasteiger partial charge in [0.15, 0.2) is 5.78 Å². The van der Waals surface area contributed by atoms with Gasteiger partial charge in [0.1, 0.15) is 0 Å². The van der Waals surface area contributed by atoms with Gasteiger partial charge in [-0.15, -0.1) is 0 Å². The molecule has 0 radical (unpaired) electrons. The van der Waals surface area contributed by atoms with E-state index in [4.69, 9.17) is 0 Å². The first-order valence-corrected chi connectivity index (χ1v) is 7.00. The second-order valence-corrected chi connectivity index (χ2v) is 5.71. The van der Waals surface area contributed by atoms with Crippen molar-refractivity contribution in [3.05, 3.63) is 35.4 Å². The first kappa shape index (κ1) is 13.3. The molecule has 0 spiro atoms. The molecule has 2 rings (SSSR count). The number of Topliss-reactive ketones (excluding diaryl/α,β-unsaturated/α-hetero) is 1. The number of ketones is 1. The molecule has 1 aromatic carbocycles. The molecule has 1 N–H and O–H groups in total. The van der Waals surface area contributed by atoms with E-state index in [1.807, 2.05) is 12.1 Å². The number of carbonyl (C=O) groups is 1. The normalized spacial score (nSPS) is 20.1. The Morgan fingerprint density at radius 3 is 2.94 bits per heavy atom. The number of carbonyl (C=O) groups excluding carboxylic acids is 1. The number of rotatable bonds is 4. The highest BCUT2D eigenvalue weighted by Gasteiger charge is 2.22. The quantitative estimate of drug-likeness (QED) is 0.826. The highest BCUT2D eigenvalue weighted by atomic mass is 16.1. The summed E-state index contributed by atoms with van der Waals surface area (Å²) in [6.07, 6.45) is 3.19. The van der Waals surface area contributed by atoms with Crippen LogP contribution in [0.25, 0.3) is 0 Å². The fourth-order valence-electron chi connectivity index (χ4n) is 2.63. The first-order valence-electron chi connectivity index (χ1n) is 7.00. The Morgan fingerprint density at radius 1 is 1.44 bits per heavy atom. The van der Waals surface area contributed by atoms with Crippen molar-refractivity contribution in [2.45, 2.75) is 33.1 Å².